The van der Waals surface area contributed by atoms with E-state index in [-0.39, 0.29) is 0 Å². The van der Waals surface area contributed by atoms with E-state index in [2.05, 4.69) is 13.2 Å². The van der Waals surface area contributed by atoms with E-state index in [0.717, 1.165) is 11.1 Å². The monoisotopic (exact) mass is 454 g/mol. The SMILES string of the molecule is C=C(C)C(CC(O)C(C)Oc1ccccc1)OC(CC(O)C(C)Oc1ccccc1)C(=C)C. The molecule has 0 aliphatic heterocycles. The van der Waals surface area contributed by atoms with Crippen molar-refractivity contribution in [3.05, 3.63) is 85.0 Å². The predicted octanol–water partition coefficient (Wildman–Crippen LogP) is 5.33. The van der Waals surface area contributed by atoms with Gasteiger partial charge in [0.05, 0.1) is 24.4 Å². The fourth-order valence-electron chi connectivity index (χ4n) is 3.35. The predicted molar refractivity (Wildman–Crippen MR) is 133 cm³/mol. The van der Waals surface area contributed by atoms with Gasteiger partial charge in [-0.15, -0.1) is 0 Å². The lowest BCUT2D eigenvalue weighted by Crippen LogP contribution is -2.38. The molecule has 0 bridgehead atoms. The Morgan fingerprint density at radius 2 is 1.03 bits per heavy atom. The summed E-state index contributed by atoms with van der Waals surface area (Å²) in [6, 6.07) is 18.8. The molecule has 0 aliphatic rings. The molecule has 5 heteroatoms. The summed E-state index contributed by atoms with van der Waals surface area (Å²) >= 11 is 0. The molecule has 6 atom stereocenters. The van der Waals surface area contributed by atoms with Crippen LogP contribution in [0.15, 0.2) is 85.0 Å². The van der Waals surface area contributed by atoms with Gasteiger partial charge in [0, 0.05) is 12.8 Å². The Balaban J connectivity index is 1.97. The van der Waals surface area contributed by atoms with Gasteiger partial charge in [-0.25, -0.2) is 0 Å². The quantitative estimate of drug-likeness (QED) is 0.378. The molecule has 0 amide bonds. The van der Waals surface area contributed by atoms with Crippen LogP contribution in [0.5, 0.6) is 11.5 Å². The van der Waals surface area contributed by atoms with Gasteiger partial charge < -0.3 is 24.4 Å². The summed E-state index contributed by atoms with van der Waals surface area (Å²) in [5.41, 5.74) is 1.57. The molecule has 6 unspecified atom stereocenters. The number of hydrogen-bond donors (Lipinski definition) is 2. The first-order valence-electron chi connectivity index (χ1n) is 11.4. The largest absolute Gasteiger partial charge is 0.488 e. The first-order valence-corrected chi connectivity index (χ1v) is 11.4. The van der Waals surface area contributed by atoms with E-state index in [1.54, 1.807) is 0 Å². The van der Waals surface area contributed by atoms with Crippen LogP contribution in [-0.2, 0) is 4.74 Å². The molecule has 33 heavy (non-hydrogen) atoms. The average molecular weight is 455 g/mol. The molecule has 0 aromatic heterocycles. The van der Waals surface area contributed by atoms with E-state index < -0.39 is 36.6 Å². The maximum Gasteiger partial charge on any atom is 0.122 e. The zero-order chi connectivity index (χ0) is 24.4. The van der Waals surface area contributed by atoms with E-state index in [1.165, 1.54) is 0 Å². The van der Waals surface area contributed by atoms with Crippen LogP contribution >= 0.6 is 0 Å². The third-order valence-corrected chi connectivity index (χ3v) is 5.55. The van der Waals surface area contributed by atoms with Crippen LogP contribution in [0, 0.1) is 0 Å². The molecule has 0 spiro atoms. The Hall–Kier alpha value is -2.60. The van der Waals surface area contributed by atoms with Crippen LogP contribution in [0.25, 0.3) is 0 Å². The Bertz CT molecular complexity index is 780. The standard InChI is InChI=1S/C28H38O5/c1-19(2)27(17-25(29)21(5)31-23-13-9-7-10-14-23)33-28(20(3)4)18-26(30)22(6)32-24-15-11-8-12-16-24/h7-16,21-22,25-30H,1,3,17-18H2,2,4-6H3. The van der Waals surface area contributed by atoms with Crippen molar-refractivity contribution in [3.63, 3.8) is 0 Å². The van der Waals surface area contributed by atoms with Gasteiger partial charge in [0.15, 0.2) is 0 Å². The summed E-state index contributed by atoms with van der Waals surface area (Å²) in [5.74, 6) is 1.40. The first kappa shape index (κ1) is 26.7. The molecule has 0 saturated heterocycles. The normalized spacial score (nSPS) is 16.7. The second kappa shape index (κ2) is 13.2. The Labute approximate surface area is 198 Å². The van der Waals surface area contributed by atoms with Crippen LogP contribution < -0.4 is 9.47 Å². The number of para-hydroxylation sites is 2. The summed E-state index contributed by atoms with van der Waals surface area (Å²) in [4.78, 5) is 0. The molecular formula is C28H38O5. The lowest BCUT2D eigenvalue weighted by Gasteiger charge is -2.31. The minimum absolute atomic E-state index is 0.319. The topological polar surface area (TPSA) is 68.2 Å². The molecule has 180 valence electrons. The fourth-order valence-corrected chi connectivity index (χ4v) is 3.35. The van der Waals surface area contributed by atoms with Crippen molar-refractivity contribution < 1.29 is 24.4 Å². The van der Waals surface area contributed by atoms with E-state index in [0.29, 0.717) is 24.3 Å². The van der Waals surface area contributed by atoms with Crippen molar-refractivity contribution >= 4 is 0 Å². The highest BCUT2D eigenvalue weighted by molar-refractivity contribution is 5.22. The van der Waals surface area contributed by atoms with Crippen molar-refractivity contribution in [2.75, 3.05) is 0 Å². The van der Waals surface area contributed by atoms with Crippen LogP contribution in [0.4, 0.5) is 0 Å². The van der Waals surface area contributed by atoms with Crippen LogP contribution in [-0.4, -0.2) is 46.8 Å². The highest BCUT2D eigenvalue weighted by Crippen LogP contribution is 2.24. The number of rotatable bonds is 14. The first-order chi connectivity index (χ1) is 15.7. The Morgan fingerprint density at radius 3 is 1.33 bits per heavy atom. The molecule has 5 nitrogen and oxygen atoms in total. The average Bonchev–Trinajstić information content (AvgIpc) is 2.78. The number of aliphatic hydroxyl groups excluding tert-OH is 2. The summed E-state index contributed by atoms with van der Waals surface area (Å²) in [6.07, 6.45) is -2.57. The number of aliphatic hydroxyl groups is 2. The minimum Gasteiger partial charge on any atom is -0.488 e. The van der Waals surface area contributed by atoms with E-state index in [4.69, 9.17) is 14.2 Å². The van der Waals surface area contributed by atoms with Crippen LogP contribution in [0.3, 0.4) is 0 Å². The molecule has 2 aromatic carbocycles. The Morgan fingerprint density at radius 1 is 0.697 bits per heavy atom. The molecule has 2 aromatic rings. The molecule has 0 saturated carbocycles. The van der Waals surface area contributed by atoms with Gasteiger partial charge in [0.1, 0.15) is 23.7 Å². The number of benzene rings is 2. The molecule has 0 fully saturated rings. The molecule has 0 heterocycles. The highest BCUT2D eigenvalue weighted by Gasteiger charge is 2.28. The summed E-state index contributed by atoms with van der Waals surface area (Å²) in [5, 5.41) is 21.5. The maximum absolute atomic E-state index is 10.7. The van der Waals surface area contributed by atoms with Crippen molar-refractivity contribution in [1.29, 1.82) is 0 Å². The maximum atomic E-state index is 10.7. The van der Waals surface area contributed by atoms with Gasteiger partial charge >= 0.3 is 0 Å². The van der Waals surface area contributed by atoms with Gasteiger partial charge in [-0.05, 0) is 52.0 Å². The molecule has 2 N–H and O–H groups in total. The highest BCUT2D eigenvalue weighted by atomic mass is 16.5. The van der Waals surface area contributed by atoms with E-state index >= 15 is 0 Å². The summed E-state index contributed by atoms with van der Waals surface area (Å²) in [7, 11) is 0. The second-order valence-electron chi connectivity index (χ2n) is 8.68. The second-order valence-corrected chi connectivity index (χ2v) is 8.68. The molecule has 0 radical (unpaired) electrons. The zero-order valence-electron chi connectivity index (χ0n) is 20.2. The van der Waals surface area contributed by atoms with Crippen molar-refractivity contribution in [2.45, 2.75) is 77.2 Å². The molecule has 0 aliphatic carbocycles. The van der Waals surface area contributed by atoms with Gasteiger partial charge in [0.25, 0.3) is 0 Å². The van der Waals surface area contributed by atoms with Gasteiger partial charge in [0.2, 0.25) is 0 Å². The molecular weight excluding hydrogens is 416 g/mol. The van der Waals surface area contributed by atoms with Gasteiger partial charge in [-0.2, -0.15) is 0 Å². The number of hydrogen-bond acceptors (Lipinski definition) is 5. The third kappa shape index (κ3) is 9.04. The lowest BCUT2D eigenvalue weighted by atomic mass is 9.99. The van der Waals surface area contributed by atoms with Gasteiger partial charge in [-0.3, -0.25) is 0 Å². The van der Waals surface area contributed by atoms with Crippen molar-refractivity contribution in [3.8, 4) is 11.5 Å². The molecule has 2 rings (SSSR count). The van der Waals surface area contributed by atoms with E-state index in [9.17, 15) is 10.2 Å². The van der Waals surface area contributed by atoms with Crippen LogP contribution in [0.1, 0.15) is 40.5 Å². The Kier molecular flexibility index (Phi) is 10.7. The smallest absolute Gasteiger partial charge is 0.122 e. The lowest BCUT2D eigenvalue weighted by molar-refractivity contribution is -0.0514. The van der Waals surface area contributed by atoms with Gasteiger partial charge in [-0.1, -0.05) is 60.7 Å². The van der Waals surface area contributed by atoms with Crippen molar-refractivity contribution in [2.24, 2.45) is 0 Å². The zero-order valence-corrected chi connectivity index (χ0v) is 20.2. The fraction of sp³-hybridized carbons (Fsp3) is 0.429. The minimum atomic E-state index is -0.761. The van der Waals surface area contributed by atoms with Crippen molar-refractivity contribution in [1.82, 2.24) is 0 Å². The van der Waals surface area contributed by atoms with E-state index in [1.807, 2.05) is 88.4 Å². The summed E-state index contributed by atoms with van der Waals surface area (Å²) < 4.78 is 18.0. The number of ether oxygens (including phenoxy) is 3. The third-order valence-electron chi connectivity index (χ3n) is 5.55. The van der Waals surface area contributed by atoms with Crippen LogP contribution in [0.2, 0.25) is 0 Å². The summed E-state index contributed by atoms with van der Waals surface area (Å²) in [6.45, 7) is 15.5.